The summed E-state index contributed by atoms with van der Waals surface area (Å²) >= 11 is 1.19. The summed E-state index contributed by atoms with van der Waals surface area (Å²) in [4.78, 5) is 20.8. The topological polar surface area (TPSA) is 82.6 Å². The van der Waals surface area contributed by atoms with E-state index in [4.69, 9.17) is 0 Å². The highest BCUT2D eigenvalue weighted by atomic mass is 32.2. The number of nitrogens with zero attached hydrogens (tertiary/aromatic N) is 3. The molecule has 2 aromatic carbocycles. The van der Waals surface area contributed by atoms with Gasteiger partial charge in [0.1, 0.15) is 11.9 Å². The molecule has 160 valence electrons. The van der Waals surface area contributed by atoms with Crippen LogP contribution in [0, 0.1) is 5.82 Å². The summed E-state index contributed by atoms with van der Waals surface area (Å²) < 4.78 is 41.2. The summed E-state index contributed by atoms with van der Waals surface area (Å²) in [7, 11) is -3.75. The maximum atomic E-state index is 13.7. The molecular formula is C21H19FN4O3S2. The van der Waals surface area contributed by atoms with E-state index < -0.39 is 10.0 Å². The van der Waals surface area contributed by atoms with E-state index in [1.165, 1.54) is 41.8 Å². The number of halogens is 1. The highest BCUT2D eigenvalue weighted by Crippen LogP contribution is 2.34. The van der Waals surface area contributed by atoms with E-state index >= 15 is 0 Å². The average molecular weight is 459 g/mol. The largest absolute Gasteiger partial charge is 0.359 e. The Morgan fingerprint density at radius 1 is 1.13 bits per heavy atom. The lowest BCUT2D eigenvalue weighted by atomic mass is 10.1. The summed E-state index contributed by atoms with van der Waals surface area (Å²) in [5.74, 6) is -0.371. The third-order valence-electron chi connectivity index (χ3n) is 5.64. The first kappa shape index (κ1) is 20.0. The maximum absolute atomic E-state index is 13.7. The van der Waals surface area contributed by atoms with E-state index in [2.05, 4.69) is 9.71 Å². The Labute approximate surface area is 183 Å². The van der Waals surface area contributed by atoms with Crippen molar-refractivity contribution in [2.75, 3.05) is 27.6 Å². The van der Waals surface area contributed by atoms with Gasteiger partial charge < -0.3 is 9.80 Å². The van der Waals surface area contributed by atoms with Gasteiger partial charge in [-0.25, -0.2) is 17.8 Å². The van der Waals surface area contributed by atoms with Gasteiger partial charge in [-0.3, -0.25) is 9.52 Å². The number of thiazole rings is 1. The molecule has 3 heterocycles. The Bertz CT molecular complexity index is 1230. The molecule has 10 heteroatoms. The second kappa shape index (κ2) is 7.61. The molecule has 1 amide bonds. The number of benzene rings is 2. The number of anilines is 3. The SMILES string of the molecule is O=C1[C@@H](N2CCc3ccc(F)cc32)CCN1c1ccc(S(=O)(=O)Nc2nccs2)cc1. The predicted octanol–water partition coefficient (Wildman–Crippen LogP) is 3.25. The van der Waals surface area contributed by atoms with Crippen LogP contribution < -0.4 is 14.5 Å². The van der Waals surface area contributed by atoms with Crippen LogP contribution in [0.3, 0.4) is 0 Å². The number of amides is 1. The number of hydrogen-bond donors (Lipinski definition) is 1. The van der Waals surface area contributed by atoms with Gasteiger partial charge in [0.25, 0.3) is 10.0 Å². The Hall–Kier alpha value is -2.98. The van der Waals surface area contributed by atoms with E-state index in [9.17, 15) is 17.6 Å². The van der Waals surface area contributed by atoms with Crippen molar-refractivity contribution in [1.29, 1.82) is 0 Å². The first-order chi connectivity index (χ1) is 14.9. The summed E-state index contributed by atoms with van der Waals surface area (Å²) in [6, 6.07) is 10.6. The number of rotatable bonds is 5. The van der Waals surface area contributed by atoms with Crippen LogP contribution in [0.15, 0.2) is 58.9 Å². The average Bonchev–Trinajstić information content (AvgIpc) is 3.48. The van der Waals surface area contributed by atoms with Gasteiger partial charge in [0.05, 0.1) is 4.90 Å². The lowest BCUT2D eigenvalue weighted by Crippen LogP contribution is -2.41. The molecule has 31 heavy (non-hydrogen) atoms. The standard InChI is InChI=1S/C21H19FN4O3S2/c22-15-2-1-14-7-10-26(19(14)13-15)18-8-11-25(20(18)27)16-3-5-17(6-4-16)31(28,29)24-21-23-9-12-30-21/h1-6,9,12-13,18H,7-8,10-11H2,(H,23,24)/t18-/m0/s1. The highest BCUT2D eigenvalue weighted by molar-refractivity contribution is 7.93. The molecule has 0 bridgehead atoms. The Morgan fingerprint density at radius 3 is 2.68 bits per heavy atom. The molecule has 5 rings (SSSR count). The van der Waals surface area contributed by atoms with E-state index in [0.717, 1.165) is 17.7 Å². The van der Waals surface area contributed by atoms with Crippen LogP contribution in [0.25, 0.3) is 0 Å². The molecule has 1 fully saturated rings. The number of hydrogen-bond acceptors (Lipinski definition) is 6. The fraction of sp³-hybridized carbons (Fsp3) is 0.238. The molecule has 7 nitrogen and oxygen atoms in total. The summed E-state index contributed by atoms with van der Waals surface area (Å²) in [6.07, 6.45) is 2.94. The number of carbonyl (C=O) groups excluding carboxylic acids is 1. The number of aromatic nitrogens is 1. The van der Waals surface area contributed by atoms with Crippen molar-refractivity contribution >= 4 is 43.8 Å². The zero-order chi connectivity index (χ0) is 21.6. The van der Waals surface area contributed by atoms with E-state index in [0.29, 0.717) is 30.3 Å². The monoisotopic (exact) mass is 458 g/mol. The van der Waals surface area contributed by atoms with Gasteiger partial charge >= 0.3 is 0 Å². The van der Waals surface area contributed by atoms with Crippen LogP contribution in [0.5, 0.6) is 0 Å². The van der Waals surface area contributed by atoms with Crippen molar-refractivity contribution in [3.63, 3.8) is 0 Å². The fourth-order valence-corrected chi connectivity index (χ4v) is 5.95. The molecule has 1 saturated heterocycles. The van der Waals surface area contributed by atoms with Crippen LogP contribution in [0.1, 0.15) is 12.0 Å². The Balaban J connectivity index is 1.33. The minimum Gasteiger partial charge on any atom is -0.359 e. The van der Waals surface area contributed by atoms with Gasteiger partial charge in [0, 0.05) is 36.0 Å². The van der Waals surface area contributed by atoms with Crippen molar-refractivity contribution in [3.8, 4) is 0 Å². The van der Waals surface area contributed by atoms with E-state index in [1.54, 1.807) is 28.5 Å². The molecule has 0 aliphatic carbocycles. The predicted molar refractivity (Wildman–Crippen MR) is 118 cm³/mol. The van der Waals surface area contributed by atoms with Crippen molar-refractivity contribution in [3.05, 3.63) is 65.4 Å². The molecule has 1 N–H and O–H groups in total. The van der Waals surface area contributed by atoms with Gasteiger partial charge in [-0.2, -0.15) is 0 Å². The first-order valence-electron chi connectivity index (χ1n) is 9.81. The van der Waals surface area contributed by atoms with Crippen molar-refractivity contribution in [1.82, 2.24) is 4.98 Å². The number of carbonyl (C=O) groups is 1. The first-order valence-corrected chi connectivity index (χ1v) is 12.2. The quantitative estimate of drug-likeness (QED) is 0.635. The Kier molecular flexibility index (Phi) is 4.90. The van der Waals surface area contributed by atoms with Crippen LogP contribution in [0.4, 0.5) is 20.9 Å². The summed E-state index contributed by atoms with van der Waals surface area (Å²) in [6.45, 7) is 1.21. The normalized spacial score (nSPS) is 18.5. The van der Waals surface area contributed by atoms with Crippen LogP contribution in [-0.2, 0) is 21.2 Å². The number of fused-ring (bicyclic) bond motifs is 1. The highest BCUT2D eigenvalue weighted by Gasteiger charge is 2.39. The van der Waals surface area contributed by atoms with Crippen LogP contribution in [0.2, 0.25) is 0 Å². The van der Waals surface area contributed by atoms with Crippen molar-refractivity contribution in [2.45, 2.75) is 23.8 Å². The van der Waals surface area contributed by atoms with Crippen molar-refractivity contribution < 1.29 is 17.6 Å². The van der Waals surface area contributed by atoms with Gasteiger partial charge in [-0.15, -0.1) is 11.3 Å². The molecule has 0 unspecified atom stereocenters. The van der Waals surface area contributed by atoms with E-state index in [1.807, 2.05) is 4.90 Å². The zero-order valence-corrected chi connectivity index (χ0v) is 18.0. The second-order valence-electron chi connectivity index (χ2n) is 7.45. The summed E-state index contributed by atoms with van der Waals surface area (Å²) in [5, 5.41) is 1.98. The van der Waals surface area contributed by atoms with Gasteiger partial charge in [0.15, 0.2) is 5.13 Å². The smallest absolute Gasteiger partial charge is 0.263 e. The lowest BCUT2D eigenvalue weighted by molar-refractivity contribution is -0.118. The van der Waals surface area contributed by atoms with Crippen molar-refractivity contribution in [2.24, 2.45) is 0 Å². The number of sulfonamides is 1. The minimum atomic E-state index is -3.75. The molecule has 2 aliphatic rings. The molecule has 0 radical (unpaired) electrons. The summed E-state index contributed by atoms with van der Waals surface area (Å²) in [5.41, 5.74) is 2.48. The third kappa shape index (κ3) is 3.66. The molecule has 0 spiro atoms. The fourth-order valence-electron chi connectivity index (χ4n) is 4.16. The lowest BCUT2D eigenvalue weighted by Gasteiger charge is -2.26. The second-order valence-corrected chi connectivity index (χ2v) is 10.0. The van der Waals surface area contributed by atoms with Gasteiger partial charge in [-0.1, -0.05) is 6.07 Å². The molecule has 2 aliphatic heterocycles. The van der Waals surface area contributed by atoms with E-state index in [-0.39, 0.29) is 22.7 Å². The molecule has 1 atom stereocenters. The van der Waals surface area contributed by atoms with Crippen LogP contribution in [-0.4, -0.2) is 38.4 Å². The molecular weight excluding hydrogens is 439 g/mol. The zero-order valence-electron chi connectivity index (χ0n) is 16.4. The Morgan fingerprint density at radius 2 is 1.94 bits per heavy atom. The van der Waals surface area contributed by atoms with Gasteiger partial charge in [-0.05, 0) is 54.8 Å². The molecule has 0 saturated carbocycles. The molecule has 1 aromatic heterocycles. The van der Waals surface area contributed by atoms with Gasteiger partial charge in [0.2, 0.25) is 5.91 Å². The maximum Gasteiger partial charge on any atom is 0.263 e. The van der Waals surface area contributed by atoms with Crippen LogP contribution >= 0.6 is 11.3 Å². The number of nitrogens with one attached hydrogen (secondary N) is 1. The third-order valence-corrected chi connectivity index (χ3v) is 7.82. The molecule has 3 aromatic rings. The minimum absolute atomic E-state index is 0.0615.